The summed E-state index contributed by atoms with van der Waals surface area (Å²) in [6, 6.07) is 12.8. The molecule has 0 aliphatic heterocycles. The quantitative estimate of drug-likeness (QED) is 0.360. The lowest BCUT2D eigenvalue weighted by atomic mass is 10.1. The lowest BCUT2D eigenvalue weighted by molar-refractivity contribution is 0.146. The van der Waals surface area contributed by atoms with Crippen molar-refractivity contribution in [3.8, 4) is 5.75 Å². The first kappa shape index (κ1) is 22.0. The molecule has 0 bridgehead atoms. The number of nitrogens with one attached hydrogen (secondary N) is 2. The Bertz CT molecular complexity index is 754. The molecule has 0 saturated heterocycles. The number of hydrogen-bond donors (Lipinski definition) is 2. The fraction of sp³-hybridized carbons (Fsp3) is 0.381. The fourth-order valence-corrected chi connectivity index (χ4v) is 3.17. The van der Waals surface area contributed by atoms with Crippen LogP contribution in [0.3, 0.4) is 0 Å². The Morgan fingerprint density at radius 2 is 1.79 bits per heavy atom. The first-order valence-electron chi connectivity index (χ1n) is 9.07. The minimum absolute atomic E-state index is 0.204. The molecule has 0 unspecified atom stereocenters. The van der Waals surface area contributed by atoms with E-state index in [0.29, 0.717) is 32.3 Å². The minimum atomic E-state index is -0.204. The molecule has 2 rings (SSSR count). The maximum atomic E-state index is 13.5. The van der Waals surface area contributed by atoms with Gasteiger partial charge in [-0.3, -0.25) is 4.99 Å². The van der Waals surface area contributed by atoms with Crippen molar-refractivity contribution in [3.63, 3.8) is 0 Å². The van der Waals surface area contributed by atoms with E-state index in [9.17, 15) is 4.39 Å². The second-order valence-electron chi connectivity index (χ2n) is 6.11. The van der Waals surface area contributed by atoms with Crippen LogP contribution in [0.2, 0.25) is 0 Å². The summed E-state index contributed by atoms with van der Waals surface area (Å²) in [6.45, 7) is 2.33. The Kier molecular flexibility index (Phi) is 9.65. The Morgan fingerprint density at radius 1 is 1.04 bits per heavy atom. The van der Waals surface area contributed by atoms with Crippen molar-refractivity contribution in [1.82, 2.24) is 10.6 Å². The number of methoxy groups -OCH3 is 1. The second-order valence-corrected chi connectivity index (χ2v) is 6.98. The van der Waals surface area contributed by atoms with Crippen molar-refractivity contribution < 1.29 is 13.9 Å². The Morgan fingerprint density at radius 3 is 2.46 bits per heavy atom. The number of halogens is 1. The lowest BCUT2D eigenvalue weighted by Crippen LogP contribution is -2.36. The van der Waals surface area contributed by atoms with Crippen molar-refractivity contribution in [2.24, 2.45) is 4.99 Å². The summed E-state index contributed by atoms with van der Waals surface area (Å²) in [5.74, 6) is 2.09. The molecule has 152 valence electrons. The van der Waals surface area contributed by atoms with E-state index in [-0.39, 0.29) is 5.82 Å². The van der Waals surface area contributed by atoms with Gasteiger partial charge < -0.3 is 20.1 Å². The average Bonchev–Trinajstić information content (AvgIpc) is 2.71. The number of ether oxygens (including phenoxy) is 2. The van der Waals surface area contributed by atoms with Crippen molar-refractivity contribution in [3.05, 3.63) is 65.0 Å². The average molecular weight is 406 g/mol. The maximum absolute atomic E-state index is 13.5. The van der Waals surface area contributed by atoms with E-state index in [1.807, 2.05) is 36.6 Å². The molecular weight excluding hydrogens is 377 g/mol. The normalized spacial score (nSPS) is 11.4. The van der Waals surface area contributed by atoms with Crippen LogP contribution in [0.4, 0.5) is 4.39 Å². The largest absolute Gasteiger partial charge is 0.491 e. The lowest BCUT2D eigenvalue weighted by Gasteiger charge is -2.14. The summed E-state index contributed by atoms with van der Waals surface area (Å²) >= 11 is 1.67. The number of rotatable bonds is 10. The van der Waals surface area contributed by atoms with Crippen molar-refractivity contribution in [2.45, 2.75) is 18.8 Å². The molecule has 0 atom stereocenters. The monoisotopic (exact) mass is 405 g/mol. The third-order valence-electron chi connectivity index (χ3n) is 4.08. The molecule has 0 spiro atoms. The van der Waals surface area contributed by atoms with Gasteiger partial charge in [-0.15, -0.1) is 0 Å². The maximum Gasteiger partial charge on any atom is 0.191 e. The molecule has 0 aliphatic carbocycles. The molecule has 28 heavy (non-hydrogen) atoms. The third-order valence-corrected chi connectivity index (χ3v) is 4.68. The van der Waals surface area contributed by atoms with Gasteiger partial charge in [0, 0.05) is 33.0 Å². The van der Waals surface area contributed by atoms with Crippen LogP contribution in [0.25, 0.3) is 0 Å². The van der Waals surface area contributed by atoms with E-state index in [0.717, 1.165) is 28.2 Å². The predicted octanol–water partition coefficient (Wildman–Crippen LogP) is 3.58. The Balaban J connectivity index is 1.85. The Labute approximate surface area is 170 Å². The van der Waals surface area contributed by atoms with Crippen LogP contribution in [0.5, 0.6) is 5.75 Å². The number of aliphatic imine (C=N–C) groups is 1. The van der Waals surface area contributed by atoms with Crippen LogP contribution in [0.1, 0.15) is 16.7 Å². The standard InChI is InChI=1S/C21H28FN3O2S/c1-23-21(25-14-17-6-7-19(22)12-18(17)15-28-3)24-13-16-4-8-20(9-5-16)27-11-10-26-2/h4-9,12H,10-11,13-15H2,1-3H3,(H2,23,24,25). The predicted molar refractivity (Wildman–Crippen MR) is 114 cm³/mol. The molecule has 0 aliphatic rings. The summed E-state index contributed by atoms with van der Waals surface area (Å²) in [5.41, 5.74) is 3.18. The van der Waals surface area contributed by atoms with Gasteiger partial charge in [-0.2, -0.15) is 11.8 Å². The highest BCUT2D eigenvalue weighted by molar-refractivity contribution is 7.97. The molecule has 0 amide bonds. The first-order valence-corrected chi connectivity index (χ1v) is 10.5. The first-order chi connectivity index (χ1) is 13.7. The van der Waals surface area contributed by atoms with Gasteiger partial charge in [0.1, 0.15) is 18.2 Å². The molecule has 0 saturated carbocycles. The van der Waals surface area contributed by atoms with Crippen LogP contribution in [-0.4, -0.2) is 39.6 Å². The molecule has 0 radical (unpaired) electrons. The summed E-state index contributed by atoms with van der Waals surface area (Å²) in [4.78, 5) is 4.26. The smallest absolute Gasteiger partial charge is 0.191 e. The zero-order chi connectivity index (χ0) is 20.2. The van der Waals surface area contributed by atoms with E-state index in [1.54, 1.807) is 32.0 Å². The third kappa shape index (κ3) is 7.40. The molecule has 2 N–H and O–H groups in total. The summed E-state index contributed by atoms with van der Waals surface area (Å²) in [6.07, 6.45) is 2.01. The SMILES string of the molecule is CN=C(NCc1ccc(OCCOC)cc1)NCc1ccc(F)cc1CSC. The number of benzene rings is 2. The Hall–Kier alpha value is -2.25. The van der Waals surface area contributed by atoms with Crippen molar-refractivity contribution >= 4 is 17.7 Å². The van der Waals surface area contributed by atoms with Crippen LogP contribution in [0.15, 0.2) is 47.5 Å². The van der Waals surface area contributed by atoms with Crippen molar-refractivity contribution in [1.29, 1.82) is 0 Å². The highest BCUT2D eigenvalue weighted by Crippen LogP contribution is 2.16. The van der Waals surface area contributed by atoms with Gasteiger partial charge in [0.25, 0.3) is 0 Å². The van der Waals surface area contributed by atoms with E-state index in [2.05, 4.69) is 15.6 Å². The zero-order valence-corrected chi connectivity index (χ0v) is 17.4. The molecule has 7 heteroatoms. The van der Waals surface area contributed by atoms with Gasteiger partial charge in [-0.05, 0) is 47.2 Å². The van der Waals surface area contributed by atoms with Crippen LogP contribution < -0.4 is 15.4 Å². The molecule has 0 aromatic heterocycles. The number of hydrogen-bond acceptors (Lipinski definition) is 4. The summed E-state index contributed by atoms with van der Waals surface area (Å²) in [7, 11) is 3.38. The van der Waals surface area contributed by atoms with E-state index >= 15 is 0 Å². The topological polar surface area (TPSA) is 54.9 Å². The summed E-state index contributed by atoms with van der Waals surface area (Å²) in [5, 5.41) is 6.58. The summed E-state index contributed by atoms with van der Waals surface area (Å²) < 4.78 is 24.0. The highest BCUT2D eigenvalue weighted by atomic mass is 32.2. The van der Waals surface area contributed by atoms with Gasteiger partial charge >= 0.3 is 0 Å². The molecular formula is C21H28FN3O2S. The second kappa shape index (κ2) is 12.3. The molecule has 5 nitrogen and oxygen atoms in total. The van der Waals surface area contributed by atoms with Gasteiger partial charge in [0.05, 0.1) is 6.61 Å². The van der Waals surface area contributed by atoms with Gasteiger partial charge in [-0.1, -0.05) is 18.2 Å². The van der Waals surface area contributed by atoms with Crippen LogP contribution in [-0.2, 0) is 23.6 Å². The van der Waals surface area contributed by atoms with E-state index in [1.165, 1.54) is 6.07 Å². The zero-order valence-electron chi connectivity index (χ0n) is 16.6. The van der Waals surface area contributed by atoms with E-state index in [4.69, 9.17) is 9.47 Å². The van der Waals surface area contributed by atoms with Crippen LogP contribution >= 0.6 is 11.8 Å². The molecule has 2 aromatic carbocycles. The van der Waals surface area contributed by atoms with Gasteiger partial charge in [-0.25, -0.2) is 4.39 Å². The number of nitrogens with zero attached hydrogens (tertiary/aromatic N) is 1. The minimum Gasteiger partial charge on any atom is -0.491 e. The van der Waals surface area contributed by atoms with E-state index < -0.39 is 0 Å². The van der Waals surface area contributed by atoms with Crippen molar-refractivity contribution in [2.75, 3.05) is 33.6 Å². The molecule has 2 aromatic rings. The van der Waals surface area contributed by atoms with Gasteiger partial charge in [0.15, 0.2) is 5.96 Å². The highest BCUT2D eigenvalue weighted by Gasteiger charge is 2.06. The van der Waals surface area contributed by atoms with Crippen LogP contribution in [0, 0.1) is 5.82 Å². The number of guanidine groups is 1. The fourth-order valence-electron chi connectivity index (χ4n) is 2.59. The van der Waals surface area contributed by atoms with Gasteiger partial charge in [0.2, 0.25) is 0 Å². The number of thioether (sulfide) groups is 1. The molecule has 0 fully saturated rings. The molecule has 0 heterocycles.